The van der Waals surface area contributed by atoms with Crippen LogP contribution in [0.1, 0.15) is 33.1 Å². The fourth-order valence-corrected chi connectivity index (χ4v) is 1.69. The second-order valence-corrected chi connectivity index (χ2v) is 3.49. The molecule has 1 rings (SSSR count). The Balaban J connectivity index is 0.000000810. The van der Waals surface area contributed by atoms with E-state index in [0.29, 0.717) is 5.41 Å². The van der Waals surface area contributed by atoms with Crippen LogP contribution in [0.15, 0.2) is 0 Å². The molecule has 10 heavy (non-hydrogen) atoms. The third-order valence-electron chi connectivity index (χ3n) is 2.31. The van der Waals surface area contributed by atoms with Gasteiger partial charge in [0.25, 0.3) is 0 Å². The molecule has 0 aromatic rings. The Morgan fingerprint density at radius 1 is 1.50 bits per heavy atom. The highest BCUT2D eigenvalue weighted by Gasteiger charge is 2.26. The minimum absolute atomic E-state index is 0. The zero-order valence-electron chi connectivity index (χ0n) is 6.94. The van der Waals surface area contributed by atoms with E-state index in [9.17, 15) is 0 Å². The van der Waals surface area contributed by atoms with Gasteiger partial charge in [-0.3, -0.25) is 0 Å². The average Bonchev–Trinajstić information content (AvgIpc) is 2.16. The predicted octanol–water partition coefficient (Wildman–Crippen LogP) is 2.21. The number of hydrogen-bond donors (Lipinski definition) is 1. The summed E-state index contributed by atoms with van der Waals surface area (Å²) < 4.78 is 0. The van der Waals surface area contributed by atoms with Gasteiger partial charge in [-0.15, -0.1) is 12.4 Å². The molecule has 0 aromatic carbocycles. The van der Waals surface area contributed by atoms with Gasteiger partial charge in [0.1, 0.15) is 0 Å². The van der Waals surface area contributed by atoms with E-state index in [1.54, 1.807) is 0 Å². The van der Waals surface area contributed by atoms with Gasteiger partial charge in [0.05, 0.1) is 0 Å². The summed E-state index contributed by atoms with van der Waals surface area (Å²) in [5, 5.41) is 3.40. The first-order chi connectivity index (χ1) is 4.27. The van der Waals surface area contributed by atoms with E-state index >= 15 is 0 Å². The van der Waals surface area contributed by atoms with Crippen LogP contribution in [0.2, 0.25) is 0 Å². The number of halogens is 1. The maximum atomic E-state index is 3.40. The molecule has 1 atom stereocenters. The molecule has 1 heterocycles. The van der Waals surface area contributed by atoms with Crippen LogP contribution in [0.25, 0.3) is 0 Å². The number of nitrogens with one attached hydrogen (secondary N) is 1. The van der Waals surface area contributed by atoms with E-state index < -0.39 is 0 Å². The maximum absolute atomic E-state index is 3.40. The molecule has 0 spiro atoms. The smallest absolute Gasteiger partial charge is 0.000564 e. The van der Waals surface area contributed by atoms with Crippen LogP contribution in [-0.4, -0.2) is 13.1 Å². The minimum atomic E-state index is 0. The second-order valence-electron chi connectivity index (χ2n) is 3.49. The van der Waals surface area contributed by atoms with E-state index in [4.69, 9.17) is 0 Å². The molecular formula is C8H18ClN. The first-order valence-corrected chi connectivity index (χ1v) is 3.97. The van der Waals surface area contributed by atoms with E-state index in [0.717, 1.165) is 0 Å². The van der Waals surface area contributed by atoms with Crippen molar-refractivity contribution in [3.63, 3.8) is 0 Å². The molecule has 1 N–H and O–H groups in total. The first kappa shape index (κ1) is 10.2. The molecule has 1 aliphatic heterocycles. The van der Waals surface area contributed by atoms with Crippen molar-refractivity contribution < 1.29 is 0 Å². The van der Waals surface area contributed by atoms with Gasteiger partial charge in [-0.25, -0.2) is 0 Å². The third-order valence-corrected chi connectivity index (χ3v) is 2.31. The van der Waals surface area contributed by atoms with Crippen molar-refractivity contribution in [3.8, 4) is 0 Å². The highest BCUT2D eigenvalue weighted by atomic mass is 35.5. The Morgan fingerprint density at radius 2 is 2.20 bits per heavy atom. The lowest BCUT2D eigenvalue weighted by molar-refractivity contribution is 0.331. The van der Waals surface area contributed by atoms with Crippen LogP contribution in [-0.2, 0) is 0 Å². The van der Waals surface area contributed by atoms with Crippen LogP contribution >= 0.6 is 12.4 Å². The molecule has 0 bridgehead atoms. The van der Waals surface area contributed by atoms with Crippen molar-refractivity contribution in [2.45, 2.75) is 33.1 Å². The van der Waals surface area contributed by atoms with Crippen LogP contribution in [0.3, 0.4) is 0 Å². The van der Waals surface area contributed by atoms with Crippen molar-refractivity contribution in [1.82, 2.24) is 5.32 Å². The fraction of sp³-hybridized carbons (Fsp3) is 1.00. The van der Waals surface area contributed by atoms with Crippen LogP contribution in [0.5, 0.6) is 0 Å². The maximum Gasteiger partial charge on any atom is 0.000564 e. The van der Waals surface area contributed by atoms with Crippen molar-refractivity contribution in [3.05, 3.63) is 0 Å². The van der Waals surface area contributed by atoms with Gasteiger partial charge in [0.2, 0.25) is 0 Å². The molecule has 0 aromatic heterocycles. The Hall–Kier alpha value is 0.250. The van der Waals surface area contributed by atoms with Crippen molar-refractivity contribution in [2.24, 2.45) is 5.41 Å². The monoisotopic (exact) mass is 163 g/mol. The largest absolute Gasteiger partial charge is 0.316 e. The normalized spacial score (nSPS) is 31.8. The Morgan fingerprint density at radius 3 is 2.60 bits per heavy atom. The SMILES string of the molecule is CCCC1(C)CCNC1.Cl. The Bertz CT molecular complexity index is 87.3. The number of rotatable bonds is 2. The molecule has 1 aliphatic rings. The lowest BCUT2D eigenvalue weighted by Gasteiger charge is -2.20. The summed E-state index contributed by atoms with van der Waals surface area (Å²) in [5.74, 6) is 0. The van der Waals surface area contributed by atoms with Gasteiger partial charge in [-0.05, 0) is 24.8 Å². The molecule has 0 radical (unpaired) electrons. The summed E-state index contributed by atoms with van der Waals surface area (Å²) in [6.07, 6.45) is 4.10. The summed E-state index contributed by atoms with van der Waals surface area (Å²) in [7, 11) is 0. The minimum Gasteiger partial charge on any atom is -0.316 e. The van der Waals surface area contributed by atoms with E-state index in [1.807, 2.05) is 0 Å². The summed E-state index contributed by atoms with van der Waals surface area (Å²) in [6.45, 7) is 7.12. The molecule has 62 valence electrons. The molecule has 0 amide bonds. The van der Waals surface area contributed by atoms with Gasteiger partial charge in [0.15, 0.2) is 0 Å². The fourth-order valence-electron chi connectivity index (χ4n) is 1.69. The van der Waals surface area contributed by atoms with Crippen LogP contribution in [0, 0.1) is 5.41 Å². The van der Waals surface area contributed by atoms with Gasteiger partial charge in [0, 0.05) is 6.54 Å². The molecule has 1 nitrogen and oxygen atoms in total. The van der Waals surface area contributed by atoms with Crippen LogP contribution < -0.4 is 5.32 Å². The Kier molecular flexibility index (Phi) is 4.30. The molecule has 2 heteroatoms. The van der Waals surface area contributed by atoms with Crippen LogP contribution in [0.4, 0.5) is 0 Å². The van der Waals surface area contributed by atoms with Gasteiger partial charge in [-0.2, -0.15) is 0 Å². The highest BCUT2D eigenvalue weighted by molar-refractivity contribution is 5.85. The average molecular weight is 164 g/mol. The molecule has 1 unspecified atom stereocenters. The third kappa shape index (κ3) is 2.47. The molecule has 0 saturated carbocycles. The van der Waals surface area contributed by atoms with Crippen molar-refractivity contribution in [2.75, 3.05) is 13.1 Å². The lowest BCUT2D eigenvalue weighted by atomic mass is 9.85. The molecular weight excluding hydrogens is 146 g/mol. The molecule has 0 aliphatic carbocycles. The standard InChI is InChI=1S/C8H17N.ClH/c1-3-4-8(2)5-6-9-7-8;/h9H,3-7H2,1-2H3;1H. The topological polar surface area (TPSA) is 12.0 Å². The summed E-state index contributed by atoms with van der Waals surface area (Å²) in [5.41, 5.74) is 0.634. The van der Waals surface area contributed by atoms with E-state index in [2.05, 4.69) is 19.2 Å². The van der Waals surface area contributed by atoms with E-state index in [1.165, 1.54) is 32.4 Å². The molecule has 1 saturated heterocycles. The molecule has 1 fully saturated rings. The first-order valence-electron chi connectivity index (χ1n) is 3.97. The lowest BCUT2D eigenvalue weighted by Crippen LogP contribution is -2.19. The zero-order chi connectivity index (χ0) is 6.74. The summed E-state index contributed by atoms with van der Waals surface area (Å²) in [6, 6.07) is 0. The predicted molar refractivity (Wildman–Crippen MR) is 47.7 cm³/mol. The van der Waals surface area contributed by atoms with Crippen molar-refractivity contribution in [1.29, 1.82) is 0 Å². The summed E-state index contributed by atoms with van der Waals surface area (Å²) in [4.78, 5) is 0. The van der Waals surface area contributed by atoms with E-state index in [-0.39, 0.29) is 12.4 Å². The highest BCUT2D eigenvalue weighted by Crippen LogP contribution is 2.29. The van der Waals surface area contributed by atoms with Gasteiger partial charge < -0.3 is 5.32 Å². The number of hydrogen-bond acceptors (Lipinski definition) is 1. The van der Waals surface area contributed by atoms with Gasteiger partial charge in [-0.1, -0.05) is 20.3 Å². The summed E-state index contributed by atoms with van der Waals surface area (Å²) >= 11 is 0. The Labute approximate surface area is 70.0 Å². The van der Waals surface area contributed by atoms with Gasteiger partial charge >= 0.3 is 0 Å². The van der Waals surface area contributed by atoms with Crippen molar-refractivity contribution >= 4 is 12.4 Å². The quantitative estimate of drug-likeness (QED) is 0.659. The zero-order valence-corrected chi connectivity index (χ0v) is 7.76. The second kappa shape index (κ2) is 4.20.